The van der Waals surface area contributed by atoms with Crippen LogP contribution in [0.4, 0.5) is 5.69 Å². The minimum atomic E-state index is -0.512. The minimum absolute atomic E-state index is 0.0395. The Bertz CT molecular complexity index is 683. The fourth-order valence-corrected chi connectivity index (χ4v) is 3.53. The number of aliphatic imine (C=N–C) groups is 1. The summed E-state index contributed by atoms with van der Waals surface area (Å²) in [6.45, 7) is 2.35. The van der Waals surface area contributed by atoms with E-state index in [1.807, 2.05) is 6.92 Å². The highest BCUT2D eigenvalue weighted by atomic mass is 35.5. The Kier molecular flexibility index (Phi) is 7.10. The number of carbonyl (C=O) groups is 2. The highest BCUT2D eigenvalue weighted by molar-refractivity contribution is 8.15. The normalized spacial score (nSPS) is 19.6. The highest BCUT2D eigenvalue weighted by Crippen LogP contribution is 2.28. The fourth-order valence-electron chi connectivity index (χ4n) is 2.20. The molecule has 2 amide bonds. The lowest BCUT2D eigenvalue weighted by Gasteiger charge is -2.09. The standard InChI is InChI=1S/C16H20ClN3O4S/c1-9(8-23-2)18-16-20-15(22)13(25-16)7-14(21)19-10-4-5-12(24-3)11(17)6-10/h4-6,9,13H,7-8H2,1-3H3,(H,19,21)(H,18,20,22)/t9-,13+/m1/s1. The molecule has 2 N–H and O–H groups in total. The van der Waals surface area contributed by atoms with E-state index in [2.05, 4.69) is 15.6 Å². The predicted octanol–water partition coefficient (Wildman–Crippen LogP) is 2.30. The summed E-state index contributed by atoms with van der Waals surface area (Å²) in [6.07, 6.45) is 0.0395. The van der Waals surface area contributed by atoms with Gasteiger partial charge in [0.25, 0.3) is 0 Å². The van der Waals surface area contributed by atoms with E-state index in [1.54, 1.807) is 25.3 Å². The molecule has 25 heavy (non-hydrogen) atoms. The van der Waals surface area contributed by atoms with Gasteiger partial charge in [0.2, 0.25) is 11.8 Å². The van der Waals surface area contributed by atoms with Crippen molar-refractivity contribution in [2.24, 2.45) is 4.99 Å². The van der Waals surface area contributed by atoms with Crippen LogP contribution in [0.2, 0.25) is 5.02 Å². The number of nitrogens with one attached hydrogen (secondary N) is 2. The quantitative estimate of drug-likeness (QED) is 0.751. The predicted molar refractivity (Wildman–Crippen MR) is 99.5 cm³/mol. The van der Waals surface area contributed by atoms with E-state index in [1.165, 1.54) is 18.9 Å². The fraction of sp³-hybridized carbons (Fsp3) is 0.438. The molecule has 1 aromatic rings. The first-order valence-corrected chi connectivity index (χ1v) is 8.86. The van der Waals surface area contributed by atoms with E-state index in [9.17, 15) is 9.59 Å². The largest absolute Gasteiger partial charge is 0.495 e. The molecule has 1 aliphatic rings. The van der Waals surface area contributed by atoms with Crippen LogP contribution < -0.4 is 15.4 Å². The van der Waals surface area contributed by atoms with Gasteiger partial charge in [-0.2, -0.15) is 0 Å². The summed E-state index contributed by atoms with van der Waals surface area (Å²) in [5, 5.41) is 5.81. The molecule has 1 fully saturated rings. The Morgan fingerprint density at radius 1 is 1.48 bits per heavy atom. The highest BCUT2D eigenvalue weighted by Gasteiger charge is 2.32. The molecule has 2 atom stereocenters. The van der Waals surface area contributed by atoms with Crippen molar-refractivity contribution in [2.75, 3.05) is 26.1 Å². The molecular formula is C16H20ClN3O4S. The summed E-state index contributed by atoms with van der Waals surface area (Å²) in [5.74, 6) is 0.0211. The summed E-state index contributed by atoms with van der Waals surface area (Å²) < 4.78 is 10.1. The monoisotopic (exact) mass is 385 g/mol. The van der Waals surface area contributed by atoms with Gasteiger partial charge >= 0.3 is 0 Å². The zero-order valence-electron chi connectivity index (χ0n) is 14.2. The van der Waals surface area contributed by atoms with Crippen LogP contribution in [-0.2, 0) is 14.3 Å². The summed E-state index contributed by atoms with van der Waals surface area (Å²) in [6, 6.07) is 4.88. The number of benzene rings is 1. The van der Waals surface area contributed by atoms with E-state index in [0.29, 0.717) is 28.2 Å². The first-order chi connectivity index (χ1) is 11.9. The summed E-state index contributed by atoms with van der Waals surface area (Å²) in [4.78, 5) is 28.5. The van der Waals surface area contributed by atoms with E-state index < -0.39 is 5.25 Å². The first-order valence-electron chi connectivity index (χ1n) is 7.60. The second-order valence-corrected chi connectivity index (χ2v) is 7.03. The van der Waals surface area contributed by atoms with Crippen molar-refractivity contribution >= 4 is 46.0 Å². The molecule has 2 rings (SSSR count). The molecule has 0 aliphatic carbocycles. The van der Waals surface area contributed by atoms with Gasteiger partial charge in [0, 0.05) is 19.2 Å². The molecule has 9 heteroatoms. The van der Waals surface area contributed by atoms with Gasteiger partial charge in [-0.15, -0.1) is 0 Å². The first kappa shape index (κ1) is 19.6. The molecule has 0 aromatic heterocycles. The number of amidine groups is 1. The lowest BCUT2D eigenvalue weighted by atomic mass is 10.2. The number of hydrogen-bond donors (Lipinski definition) is 2. The SMILES string of the molecule is COC[C@@H](C)N=C1NC(=O)[C@H](CC(=O)Nc2ccc(OC)c(Cl)c2)S1. The molecular weight excluding hydrogens is 366 g/mol. The lowest BCUT2D eigenvalue weighted by Crippen LogP contribution is -2.28. The topological polar surface area (TPSA) is 89.0 Å². The number of ether oxygens (including phenoxy) is 2. The second kappa shape index (κ2) is 9.07. The van der Waals surface area contributed by atoms with Crippen molar-refractivity contribution in [3.63, 3.8) is 0 Å². The molecule has 0 radical (unpaired) electrons. The van der Waals surface area contributed by atoms with Crippen LogP contribution in [0.5, 0.6) is 5.75 Å². The maximum atomic E-state index is 12.2. The average molecular weight is 386 g/mol. The van der Waals surface area contributed by atoms with Crippen molar-refractivity contribution < 1.29 is 19.1 Å². The van der Waals surface area contributed by atoms with E-state index >= 15 is 0 Å². The van der Waals surface area contributed by atoms with Gasteiger partial charge < -0.3 is 20.1 Å². The van der Waals surface area contributed by atoms with Crippen LogP contribution >= 0.6 is 23.4 Å². The van der Waals surface area contributed by atoms with E-state index in [0.717, 1.165) is 0 Å². The molecule has 1 aromatic carbocycles. The Morgan fingerprint density at radius 3 is 2.88 bits per heavy atom. The molecule has 0 bridgehead atoms. The van der Waals surface area contributed by atoms with Gasteiger partial charge in [0.1, 0.15) is 11.0 Å². The Hall–Kier alpha value is -1.77. The molecule has 0 saturated carbocycles. The van der Waals surface area contributed by atoms with Crippen molar-refractivity contribution in [1.29, 1.82) is 0 Å². The molecule has 7 nitrogen and oxygen atoms in total. The zero-order valence-corrected chi connectivity index (χ0v) is 15.7. The molecule has 136 valence electrons. The maximum Gasteiger partial charge on any atom is 0.240 e. The second-order valence-electron chi connectivity index (χ2n) is 5.44. The third-order valence-electron chi connectivity index (χ3n) is 3.33. The average Bonchev–Trinajstić information content (AvgIpc) is 2.86. The third-order valence-corrected chi connectivity index (χ3v) is 4.72. The summed E-state index contributed by atoms with van der Waals surface area (Å²) in [7, 11) is 3.11. The molecule has 1 saturated heterocycles. The van der Waals surface area contributed by atoms with Gasteiger partial charge in [-0.05, 0) is 25.1 Å². The lowest BCUT2D eigenvalue weighted by molar-refractivity contribution is -0.122. The number of rotatable bonds is 7. The van der Waals surface area contributed by atoms with Crippen molar-refractivity contribution in [3.8, 4) is 5.75 Å². The van der Waals surface area contributed by atoms with Crippen LogP contribution in [0, 0.1) is 0 Å². The van der Waals surface area contributed by atoms with Crippen LogP contribution in [0.25, 0.3) is 0 Å². The Balaban J connectivity index is 1.92. The van der Waals surface area contributed by atoms with Gasteiger partial charge in [0.05, 0.1) is 24.8 Å². The van der Waals surface area contributed by atoms with Crippen LogP contribution in [0.1, 0.15) is 13.3 Å². The van der Waals surface area contributed by atoms with Gasteiger partial charge in [-0.1, -0.05) is 23.4 Å². The molecule has 1 heterocycles. The van der Waals surface area contributed by atoms with E-state index in [4.69, 9.17) is 21.1 Å². The van der Waals surface area contributed by atoms with Gasteiger partial charge in [-0.3, -0.25) is 14.6 Å². The van der Waals surface area contributed by atoms with Gasteiger partial charge in [0.15, 0.2) is 5.17 Å². The number of thioether (sulfide) groups is 1. The zero-order chi connectivity index (χ0) is 18.4. The van der Waals surface area contributed by atoms with Crippen LogP contribution in [-0.4, -0.2) is 49.1 Å². The summed E-state index contributed by atoms with van der Waals surface area (Å²) >= 11 is 7.28. The molecule has 0 unspecified atom stereocenters. The minimum Gasteiger partial charge on any atom is -0.495 e. The number of carbonyl (C=O) groups excluding carboxylic acids is 2. The Labute approximate surface area is 155 Å². The number of amides is 2. The number of methoxy groups -OCH3 is 2. The number of hydrogen-bond acceptors (Lipinski definition) is 6. The van der Waals surface area contributed by atoms with Crippen molar-refractivity contribution in [1.82, 2.24) is 5.32 Å². The van der Waals surface area contributed by atoms with Crippen LogP contribution in [0.3, 0.4) is 0 Å². The summed E-state index contributed by atoms with van der Waals surface area (Å²) in [5.41, 5.74) is 0.543. The number of anilines is 1. The smallest absolute Gasteiger partial charge is 0.240 e. The molecule has 0 spiro atoms. The third kappa shape index (κ3) is 5.62. The Morgan fingerprint density at radius 2 is 2.24 bits per heavy atom. The van der Waals surface area contributed by atoms with Gasteiger partial charge in [-0.25, -0.2) is 0 Å². The maximum absolute atomic E-state index is 12.2. The van der Waals surface area contributed by atoms with Crippen molar-refractivity contribution in [3.05, 3.63) is 23.2 Å². The molecule has 1 aliphatic heterocycles. The number of nitrogens with zero attached hydrogens (tertiary/aromatic N) is 1. The van der Waals surface area contributed by atoms with E-state index in [-0.39, 0.29) is 24.3 Å². The van der Waals surface area contributed by atoms with Crippen LogP contribution in [0.15, 0.2) is 23.2 Å². The number of halogens is 1. The van der Waals surface area contributed by atoms with Crippen molar-refractivity contribution in [2.45, 2.75) is 24.6 Å².